The van der Waals surface area contributed by atoms with Gasteiger partial charge in [0.2, 0.25) is 17.7 Å². The summed E-state index contributed by atoms with van der Waals surface area (Å²) >= 11 is 0. The Hall–Kier alpha value is -2.84. The number of amides is 1. The van der Waals surface area contributed by atoms with Gasteiger partial charge in [-0.1, -0.05) is 0 Å². The van der Waals surface area contributed by atoms with Crippen molar-refractivity contribution in [3.63, 3.8) is 0 Å². The first-order chi connectivity index (χ1) is 15.4. The summed E-state index contributed by atoms with van der Waals surface area (Å²) in [6.45, 7) is 0.887. The minimum atomic E-state index is -2.59. The molecule has 2 aromatic rings. The summed E-state index contributed by atoms with van der Waals surface area (Å²) in [4.78, 5) is 35.4. The van der Waals surface area contributed by atoms with Gasteiger partial charge < -0.3 is 14.1 Å². The number of Topliss-reactive ketones (excluding diaryl/α,β-unsaturated/α-hetero) is 1. The third-order valence-electron chi connectivity index (χ3n) is 6.26. The Morgan fingerprint density at radius 2 is 2.00 bits per heavy atom. The summed E-state index contributed by atoms with van der Waals surface area (Å²) in [6, 6.07) is 3.26. The van der Waals surface area contributed by atoms with Crippen LogP contribution in [0.1, 0.15) is 61.3 Å². The summed E-state index contributed by atoms with van der Waals surface area (Å²) in [7, 11) is 0. The normalized spacial score (nSPS) is 20.9. The number of carbonyl (C=O) groups excluding carboxylic acids is 2. The monoisotopic (exact) mass is 447 g/mol. The molecule has 2 fully saturated rings. The molecular formula is C23H27F2N3O4. The molecule has 0 aromatic carbocycles. The van der Waals surface area contributed by atoms with Crippen molar-refractivity contribution in [2.45, 2.75) is 63.3 Å². The van der Waals surface area contributed by atoms with Crippen LogP contribution in [0.4, 0.5) is 8.78 Å². The molecule has 172 valence electrons. The van der Waals surface area contributed by atoms with Crippen LogP contribution in [0.15, 0.2) is 35.2 Å². The number of hydrogen-bond acceptors (Lipinski definition) is 6. The topological polar surface area (TPSA) is 85.5 Å². The van der Waals surface area contributed by atoms with Crippen LogP contribution in [0.2, 0.25) is 0 Å². The van der Waals surface area contributed by atoms with Crippen molar-refractivity contribution in [3.05, 3.63) is 42.4 Å². The molecule has 1 aliphatic carbocycles. The minimum Gasteiger partial charge on any atom is -0.489 e. The van der Waals surface area contributed by atoms with E-state index in [1.165, 1.54) is 18.7 Å². The fraction of sp³-hybridized carbons (Fsp3) is 0.565. The average Bonchev–Trinajstić information content (AvgIpc) is 3.46. The molecule has 4 rings (SSSR count). The molecule has 7 nitrogen and oxygen atoms in total. The lowest BCUT2D eigenvalue weighted by Gasteiger charge is -2.30. The number of likely N-dealkylation sites (tertiary alicyclic amines) is 1. The van der Waals surface area contributed by atoms with Crippen LogP contribution in [-0.4, -0.2) is 51.7 Å². The van der Waals surface area contributed by atoms with Crippen molar-refractivity contribution in [3.8, 4) is 5.75 Å². The maximum absolute atomic E-state index is 13.4. The van der Waals surface area contributed by atoms with Crippen molar-refractivity contribution in [2.75, 3.05) is 13.2 Å². The van der Waals surface area contributed by atoms with Crippen molar-refractivity contribution >= 4 is 11.7 Å². The van der Waals surface area contributed by atoms with E-state index in [-0.39, 0.29) is 55.2 Å². The predicted octanol–water partition coefficient (Wildman–Crippen LogP) is 4.08. The standard InChI is InChI=1S/C23H27F2N3O4/c24-23(25)7-5-16(6-8-23)13-21(30)28-11-2-3-17(28)15-32-19-4-1-9-27-22(19)18(29)14-20-26-10-12-31-20/h1,4,9-10,12,16-17H,2-3,5-8,11,13-15H2/t17-/m1/s1. The lowest BCUT2D eigenvalue weighted by atomic mass is 9.84. The molecule has 0 bridgehead atoms. The molecule has 0 N–H and O–H groups in total. The van der Waals surface area contributed by atoms with Gasteiger partial charge in [-0.3, -0.25) is 9.59 Å². The zero-order valence-corrected chi connectivity index (χ0v) is 17.8. The maximum atomic E-state index is 13.4. The molecular weight excluding hydrogens is 420 g/mol. The van der Waals surface area contributed by atoms with Gasteiger partial charge in [0.25, 0.3) is 0 Å². The first kappa shape index (κ1) is 22.4. The van der Waals surface area contributed by atoms with Crippen LogP contribution in [-0.2, 0) is 11.2 Å². The number of ether oxygens (including phenoxy) is 1. The summed E-state index contributed by atoms with van der Waals surface area (Å²) in [6.07, 6.45) is 6.86. The molecule has 1 saturated heterocycles. The van der Waals surface area contributed by atoms with Crippen LogP contribution < -0.4 is 4.74 Å². The Kier molecular flexibility index (Phi) is 6.81. The van der Waals surface area contributed by atoms with E-state index < -0.39 is 5.92 Å². The Bertz CT molecular complexity index is 925. The van der Waals surface area contributed by atoms with Crippen molar-refractivity contribution in [1.29, 1.82) is 0 Å². The Morgan fingerprint density at radius 3 is 2.75 bits per heavy atom. The highest BCUT2D eigenvalue weighted by atomic mass is 19.3. The van der Waals surface area contributed by atoms with Crippen molar-refractivity contribution < 1.29 is 27.5 Å². The van der Waals surface area contributed by atoms with Gasteiger partial charge in [-0.2, -0.15) is 0 Å². The minimum absolute atomic E-state index is 0.00213. The average molecular weight is 447 g/mol. The van der Waals surface area contributed by atoms with Crippen molar-refractivity contribution in [1.82, 2.24) is 14.9 Å². The number of carbonyl (C=O) groups is 2. The first-order valence-electron chi connectivity index (χ1n) is 11.1. The smallest absolute Gasteiger partial charge is 0.248 e. The number of ketones is 1. The van der Waals surface area contributed by atoms with Crippen LogP contribution in [0.3, 0.4) is 0 Å². The molecule has 0 unspecified atom stereocenters. The van der Waals surface area contributed by atoms with Gasteiger partial charge in [0.05, 0.1) is 18.7 Å². The molecule has 0 spiro atoms. The second-order valence-corrected chi connectivity index (χ2v) is 8.57. The van der Waals surface area contributed by atoms with Crippen LogP contribution in [0.5, 0.6) is 5.75 Å². The highest BCUT2D eigenvalue weighted by Gasteiger charge is 2.37. The first-order valence-corrected chi connectivity index (χ1v) is 11.1. The highest BCUT2D eigenvalue weighted by molar-refractivity contribution is 5.97. The fourth-order valence-electron chi connectivity index (χ4n) is 4.47. The zero-order chi connectivity index (χ0) is 22.6. The number of halogens is 2. The second-order valence-electron chi connectivity index (χ2n) is 8.57. The number of aromatic nitrogens is 2. The van der Waals surface area contributed by atoms with E-state index in [0.29, 0.717) is 37.4 Å². The summed E-state index contributed by atoms with van der Waals surface area (Å²) in [5, 5.41) is 0. The van der Waals surface area contributed by atoms with E-state index in [4.69, 9.17) is 9.15 Å². The SMILES string of the molecule is O=C(Cc1ncco1)c1ncccc1OC[C@H]1CCCN1C(=O)CC1CCC(F)(F)CC1. The third kappa shape index (κ3) is 5.49. The molecule has 1 saturated carbocycles. The molecule has 9 heteroatoms. The lowest BCUT2D eigenvalue weighted by molar-refractivity contribution is -0.134. The number of nitrogens with zero attached hydrogens (tertiary/aromatic N) is 3. The van der Waals surface area contributed by atoms with Gasteiger partial charge in [-0.25, -0.2) is 18.7 Å². The van der Waals surface area contributed by atoms with Crippen LogP contribution in [0, 0.1) is 5.92 Å². The number of pyridine rings is 1. The third-order valence-corrected chi connectivity index (χ3v) is 6.26. The van der Waals surface area contributed by atoms with Gasteiger partial charge in [-0.05, 0) is 43.7 Å². The number of oxazole rings is 1. The zero-order valence-electron chi connectivity index (χ0n) is 17.8. The summed E-state index contributed by atoms with van der Waals surface area (Å²) in [5.41, 5.74) is 0.199. The molecule has 1 atom stereocenters. The van der Waals surface area contributed by atoms with E-state index in [1.807, 2.05) is 0 Å². The number of alkyl halides is 2. The van der Waals surface area contributed by atoms with Gasteiger partial charge in [0, 0.05) is 32.0 Å². The van der Waals surface area contributed by atoms with Gasteiger partial charge in [0.1, 0.15) is 24.3 Å². The van der Waals surface area contributed by atoms with Gasteiger partial charge in [0.15, 0.2) is 5.78 Å². The van der Waals surface area contributed by atoms with Gasteiger partial charge >= 0.3 is 0 Å². The molecule has 2 aliphatic rings. The van der Waals surface area contributed by atoms with E-state index in [1.54, 1.807) is 17.0 Å². The Morgan fingerprint density at radius 1 is 1.19 bits per heavy atom. The Balaban J connectivity index is 1.33. The fourth-order valence-corrected chi connectivity index (χ4v) is 4.47. The molecule has 3 heterocycles. The van der Waals surface area contributed by atoms with E-state index in [0.717, 1.165) is 12.8 Å². The summed E-state index contributed by atoms with van der Waals surface area (Å²) < 4.78 is 37.8. The van der Waals surface area contributed by atoms with E-state index >= 15 is 0 Å². The van der Waals surface area contributed by atoms with Crippen LogP contribution >= 0.6 is 0 Å². The lowest BCUT2D eigenvalue weighted by Crippen LogP contribution is -2.40. The van der Waals surface area contributed by atoms with E-state index in [2.05, 4.69) is 9.97 Å². The van der Waals surface area contributed by atoms with Crippen LogP contribution in [0.25, 0.3) is 0 Å². The second kappa shape index (κ2) is 9.75. The molecule has 1 amide bonds. The molecule has 32 heavy (non-hydrogen) atoms. The van der Waals surface area contributed by atoms with E-state index in [9.17, 15) is 18.4 Å². The molecule has 0 radical (unpaired) electrons. The maximum Gasteiger partial charge on any atom is 0.248 e. The van der Waals surface area contributed by atoms with Crippen molar-refractivity contribution in [2.24, 2.45) is 5.92 Å². The van der Waals surface area contributed by atoms with Gasteiger partial charge in [-0.15, -0.1) is 0 Å². The molecule has 1 aliphatic heterocycles. The number of rotatable bonds is 8. The summed E-state index contributed by atoms with van der Waals surface area (Å²) in [5.74, 6) is -2.18. The predicted molar refractivity (Wildman–Crippen MR) is 111 cm³/mol. The highest BCUT2D eigenvalue weighted by Crippen LogP contribution is 2.38. The quantitative estimate of drug-likeness (QED) is 0.567. The largest absolute Gasteiger partial charge is 0.489 e. The number of hydrogen-bond donors (Lipinski definition) is 0. The Labute approximate surface area is 185 Å². The molecule has 2 aromatic heterocycles.